The van der Waals surface area contributed by atoms with Crippen LogP contribution in [0.2, 0.25) is 0 Å². The Bertz CT molecular complexity index is 538. The monoisotopic (exact) mass is 322 g/mol. The predicted octanol–water partition coefficient (Wildman–Crippen LogP) is 1.73. The minimum Gasteiger partial charge on any atom is -0.338 e. The average Bonchev–Trinajstić information content (AvgIpc) is 2.99. The summed E-state index contributed by atoms with van der Waals surface area (Å²) in [6.45, 7) is 3.00. The van der Waals surface area contributed by atoms with E-state index >= 15 is 0 Å². The maximum absolute atomic E-state index is 12.2. The van der Waals surface area contributed by atoms with Crippen molar-refractivity contribution in [2.75, 3.05) is 25.1 Å². The second-order valence-corrected chi connectivity index (χ2v) is 7.69. The van der Waals surface area contributed by atoms with Gasteiger partial charge in [-0.05, 0) is 25.5 Å². The molecule has 0 saturated carbocycles. The van der Waals surface area contributed by atoms with Crippen molar-refractivity contribution in [2.45, 2.75) is 38.3 Å². The van der Waals surface area contributed by atoms with E-state index in [4.69, 9.17) is 0 Å². The van der Waals surface area contributed by atoms with Crippen LogP contribution in [-0.2, 0) is 11.8 Å². The average molecular weight is 322 g/mol. The molecule has 22 heavy (non-hydrogen) atoms. The molecule has 0 aliphatic carbocycles. The molecule has 0 bridgehead atoms. The molecule has 1 amide bonds. The third kappa shape index (κ3) is 3.04. The SMILES string of the molecule is Cc1c([C@H]2[C@H](CNC3CCCSC3)CC(=O)N2C)cnn1C. The molecule has 2 aliphatic rings. The van der Waals surface area contributed by atoms with E-state index in [1.54, 1.807) is 0 Å². The van der Waals surface area contributed by atoms with Crippen molar-refractivity contribution in [1.82, 2.24) is 20.0 Å². The second-order valence-electron chi connectivity index (χ2n) is 6.54. The van der Waals surface area contributed by atoms with Crippen LogP contribution >= 0.6 is 11.8 Å². The number of rotatable bonds is 4. The number of aryl methyl sites for hydroxylation is 1. The first-order valence-corrected chi connectivity index (χ1v) is 9.28. The molecule has 0 spiro atoms. The number of carbonyl (C=O) groups excluding carboxylic acids is 1. The topological polar surface area (TPSA) is 50.2 Å². The third-order valence-corrected chi connectivity index (χ3v) is 6.33. The molecule has 1 unspecified atom stereocenters. The molecule has 1 aromatic rings. The van der Waals surface area contributed by atoms with E-state index in [2.05, 4.69) is 17.3 Å². The molecule has 3 heterocycles. The standard InChI is InChI=1S/C16H26N4OS/c1-11-14(9-18-20(11)3)16-12(7-15(21)19(16)2)8-17-13-5-4-6-22-10-13/h9,12-13,16-17H,4-8,10H2,1-3H3/t12-,13?,16+/m0/s1. The van der Waals surface area contributed by atoms with Gasteiger partial charge >= 0.3 is 0 Å². The van der Waals surface area contributed by atoms with Crippen LogP contribution in [-0.4, -0.2) is 51.7 Å². The van der Waals surface area contributed by atoms with Gasteiger partial charge in [-0.1, -0.05) is 0 Å². The molecule has 122 valence electrons. The van der Waals surface area contributed by atoms with Gasteiger partial charge in [0.25, 0.3) is 0 Å². The maximum Gasteiger partial charge on any atom is 0.223 e. The molecule has 2 aliphatic heterocycles. The Labute approximate surface area is 136 Å². The fourth-order valence-electron chi connectivity index (χ4n) is 3.62. The summed E-state index contributed by atoms with van der Waals surface area (Å²) in [6, 6.07) is 0.764. The lowest BCUT2D eigenvalue weighted by molar-refractivity contribution is -0.127. The number of aromatic nitrogens is 2. The van der Waals surface area contributed by atoms with Crippen LogP contribution in [0.3, 0.4) is 0 Å². The summed E-state index contributed by atoms with van der Waals surface area (Å²) in [5.41, 5.74) is 2.35. The van der Waals surface area contributed by atoms with Gasteiger partial charge in [-0.15, -0.1) is 0 Å². The summed E-state index contributed by atoms with van der Waals surface area (Å²) in [5.74, 6) is 3.08. The molecular formula is C16H26N4OS. The van der Waals surface area contributed by atoms with Crippen LogP contribution in [0.4, 0.5) is 0 Å². The van der Waals surface area contributed by atoms with Crippen LogP contribution in [0, 0.1) is 12.8 Å². The lowest BCUT2D eigenvalue weighted by atomic mass is 9.93. The number of nitrogens with zero attached hydrogens (tertiary/aromatic N) is 3. The smallest absolute Gasteiger partial charge is 0.223 e. The summed E-state index contributed by atoms with van der Waals surface area (Å²) >= 11 is 2.04. The van der Waals surface area contributed by atoms with Crippen LogP contribution < -0.4 is 5.32 Å². The van der Waals surface area contributed by atoms with Crippen molar-refractivity contribution in [3.05, 3.63) is 17.5 Å². The van der Waals surface area contributed by atoms with Crippen molar-refractivity contribution in [3.63, 3.8) is 0 Å². The fraction of sp³-hybridized carbons (Fsp3) is 0.750. The Morgan fingerprint density at radius 2 is 2.27 bits per heavy atom. The van der Waals surface area contributed by atoms with E-state index < -0.39 is 0 Å². The lowest BCUT2D eigenvalue weighted by Gasteiger charge is -2.28. The summed E-state index contributed by atoms with van der Waals surface area (Å²) < 4.78 is 1.90. The number of likely N-dealkylation sites (tertiary alicyclic amines) is 1. The van der Waals surface area contributed by atoms with Gasteiger partial charge in [-0.2, -0.15) is 16.9 Å². The van der Waals surface area contributed by atoms with Crippen LogP contribution in [0.5, 0.6) is 0 Å². The van der Waals surface area contributed by atoms with E-state index in [0.717, 1.165) is 12.2 Å². The van der Waals surface area contributed by atoms with Gasteiger partial charge < -0.3 is 10.2 Å². The zero-order chi connectivity index (χ0) is 15.7. The molecule has 3 rings (SSSR count). The Balaban J connectivity index is 1.71. The first kappa shape index (κ1) is 15.9. The van der Waals surface area contributed by atoms with Gasteiger partial charge in [0.2, 0.25) is 5.91 Å². The van der Waals surface area contributed by atoms with Gasteiger partial charge in [0.15, 0.2) is 0 Å². The summed E-state index contributed by atoms with van der Waals surface area (Å²) in [6.07, 6.45) is 5.14. The molecule has 2 saturated heterocycles. The fourth-order valence-corrected chi connectivity index (χ4v) is 4.73. The molecule has 0 aromatic carbocycles. The number of carbonyl (C=O) groups is 1. The summed E-state index contributed by atoms with van der Waals surface area (Å²) in [7, 11) is 3.89. The van der Waals surface area contributed by atoms with Crippen molar-refractivity contribution in [1.29, 1.82) is 0 Å². The minimum atomic E-state index is 0.157. The largest absolute Gasteiger partial charge is 0.338 e. The maximum atomic E-state index is 12.2. The Morgan fingerprint density at radius 1 is 1.45 bits per heavy atom. The van der Waals surface area contributed by atoms with Gasteiger partial charge in [0.1, 0.15) is 0 Å². The van der Waals surface area contributed by atoms with E-state index in [0.29, 0.717) is 18.4 Å². The van der Waals surface area contributed by atoms with E-state index in [1.807, 2.05) is 41.6 Å². The summed E-state index contributed by atoms with van der Waals surface area (Å²) in [5, 5.41) is 8.06. The van der Waals surface area contributed by atoms with Crippen LogP contribution in [0.25, 0.3) is 0 Å². The van der Waals surface area contributed by atoms with Crippen molar-refractivity contribution in [2.24, 2.45) is 13.0 Å². The van der Waals surface area contributed by atoms with Gasteiger partial charge in [0.05, 0.1) is 12.2 Å². The molecule has 3 atom stereocenters. The van der Waals surface area contributed by atoms with E-state index in [9.17, 15) is 4.79 Å². The Morgan fingerprint density at radius 3 is 2.91 bits per heavy atom. The van der Waals surface area contributed by atoms with E-state index in [1.165, 1.54) is 29.9 Å². The van der Waals surface area contributed by atoms with Crippen molar-refractivity contribution >= 4 is 17.7 Å². The lowest BCUT2D eigenvalue weighted by Crippen LogP contribution is -2.38. The molecule has 5 nitrogen and oxygen atoms in total. The normalized spacial score (nSPS) is 29.3. The first-order chi connectivity index (χ1) is 10.6. The zero-order valence-corrected chi connectivity index (χ0v) is 14.5. The first-order valence-electron chi connectivity index (χ1n) is 8.13. The Kier molecular flexibility index (Phi) is 4.78. The number of nitrogens with one attached hydrogen (secondary N) is 1. The van der Waals surface area contributed by atoms with Crippen LogP contribution in [0.15, 0.2) is 6.20 Å². The van der Waals surface area contributed by atoms with Gasteiger partial charge in [-0.3, -0.25) is 9.48 Å². The second kappa shape index (κ2) is 6.62. The zero-order valence-electron chi connectivity index (χ0n) is 13.7. The Hall–Kier alpha value is -1.01. The highest BCUT2D eigenvalue weighted by Gasteiger charge is 2.40. The molecule has 0 radical (unpaired) electrons. The minimum absolute atomic E-state index is 0.157. The van der Waals surface area contributed by atoms with E-state index in [-0.39, 0.29) is 11.9 Å². The van der Waals surface area contributed by atoms with Gasteiger partial charge in [-0.25, -0.2) is 0 Å². The number of hydrogen-bond acceptors (Lipinski definition) is 4. The van der Waals surface area contributed by atoms with Crippen molar-refractivity contribution in [3.8, 4) is 0 Å². The molecule has 6 heteroatoms. The highest BCUT2D eigenvalue weighted by molar-refractivity contribution is 7.99. The van der Waals surface area contributed by atoms with Crippen molar-refractivity contribution < 1.29 is 4.79 Å². The highest BCUT2D eigenvalue weighted by atomic mass is 32.2. The predicted molar refractivity (Wildman–Crippen MR) is 89.9 cm³/mol. The number of thioether (sulfide) groups is 1. The molecule has 1 aromatic heterocycles. The van der Waals surface area contributed by atoms with Gasteiger partial charge in [0, 0.05) is 56.0 Å². The molecular weight excluding hydrogens is 296 g/mol. The number of hydrogen-bond donors (Lipinski definition) is 1. The molecule has 2 fully saturated rings. The summed E-state index contributed by atoms with van der Waals surface area (Å²) in [4.78, 5) is 14.1. The van der Waals surface area contributed by atoms with Crippen LogP contribution in [0.1, 0.15) is 36.6 Å². The third-order valence-electron chi connectivity index (χ3n) is 5.11. The quantitative estimate of drug-likeness (QED) is 0.917. The number of amides is 1. The molecule has 1 N–H and O–H groups in total. The highest BCUT2D eigenvalue weighted by Crippen LogP contribution is 2.38.